The highest BCUT2D eigenvalue weighted by atomic mass is 32.1. The Bertz CT molecular complexity index is 2090. The lowest BCUT2D eigenvalue weighted by molar-refractivity contribution is -0.145. The van der Waals surface area contributed by atoms with Crippen molar-refractivity contribution in [2.24, 2.45) is 22.9 Å². The smallest absolute Gasteiger partial charge is 0.330 e. The maximum atomic E-state index is 13.8. The largest absolute Gasteiger partial charge is 0.491 e. The first-order chi connectivity index (χ1) is 31.8. The number of hydrogen-bond donors (Lipinski definition) is 0. The predicted molar refractivity (Wildman–Crippen MR) is 256 cm³/mol. The fraction of sp³-hybridized carbons (Fsp3) is 0.519. The molecule has 0 unspecified atom stereocenters. The van der Waals surface area contributed by atoms with E-state index in [1.807, 2.05) is 35.5 Å². The average Bonchev–Trinajstić information content (AvgIpc) is 3.77. The maximum Gasteiger partial charge on any atom is 0.330 e. The summed E-state index contributed by atoms with van der Waals surface area (Å²) in [5.74, 6) is 1.15. The lowest BCUT2D eigenvalue weighted by Gasteiger charge is -2.29. The highest BCUT2D eigenvalue weighted by Gasteiger charge is 2.33. The molecule has 6 rings (SSSR count). The van der Waals surface area contributed by atoms with Crippen LogP contribution in [0.4, 0.5) is 5.13 Å². The van der Waals surface area contributed by atoms with Gasteiger partial charge in [-0.2, -0.15) is 5.10 Å². The molecule has 0 saturated heterocycles. The number of carbonyl (C=O) groups excluding carboxylic acids is 3. The number of fused-ring (bicyclic) bond motifs is 1. The van der Waals surface area contributed by atoms with Crippen LogP contribution in [-0.2, 0) is 28.6 Å². The molecular formula is C52H67N3O9S. The molecule has 0 N–H and O–H groups in total. The number of rotatable bonds is 26. The Morgan fingerprint density at radius 3 is 2.12 bits per heavy atom. The fourth-order valence-electron chi connectivity index (χ4n) is 8.56. The normalized spacial score (nSPS) is 18.6. The first-order valence-corrected chi connectivity index (χ1v) is 24.6. The third kappa shape index (κ3) is 15.8. The lowest BCUT2D eigenvalue weighted by Crippen LogP contribution is -2.30. The number of carbonyl (C=O) groups is 3. The van der Waals surface area contributed by atoms with Crippen molar-refractivity contribution < 1.29 is 42.8 Å². The first kappa shape index (κ1) is 49.3. The topological polar surface area (TPSA) is 135 Å². The molecule has 2 aliphatic rings. The lowest BCUT2D eigenvalue weighted by atomic mass is 9.77. The molecular weight excluding hydrogens is 843 g/mol. The first-order valence-electron chi connectivity index (χ1n) is 23.7. The van der Waals surface area contributed by atoms with Crippen LogP contribution in [0, 0.1) is 17.8 Å². The molecule has 12 nitrogen and oxygen atoms in total. The molecule has 1 heterocycles. The minimum atomic E-state index is -0.479. The van der Waals surface area contributed by atoms with Crippen molar-refractivity contribution in [3.05, 3.63) is 90.5 Å². The second-order valence-electron chi connectivity index (χ2n) is 17.0. The molecule has 0 aliphatic heterocycles. The van der Waals surface area contributed by atoms with Gasteiger partial charge < -0.3 is 28.4 Å². The predicted octanol–water partition coefficient (Wildman–Crippen LogP) is 11.2. The number of anilines is 1. The minimum absolute atomic E-state index is 0.164. The number of esters is 3. The molecule has 0 atom stereocenters. The third-order valence-electron chi connectivity index (χ3n) is 12.3. The van der Waals surface area contributed by atoms with Crippen LogP contribution < -0.4 is 19.2 Å². The van der Waals surface area contributed by atoms with Crippen molar-refractivity contribution >= 4 is 50.8 Å². The molecule has 0 spiro atoms. The van der Waals surface area contributed by atoms with E-state index in [1.54, 1.807) is 35.6 Å². The molecule has 65 heavy (non-hydrogen) atoms. The fourth-order valence-corrected chi connectivity index (χ4v) is 9.51. The molecule has 0 amide bonds. The number of aromatic nitrogens is 1. The molecule has 2 saturated carbocycles. The SMILES string of the molecule is C=CC(=O)OCCOCCOCCOc1ccc(OC(=O)C2CCC(C(=O)Oc3ccc(C4CCC(CCC)CC4)cc3/C=N/N(CCCCCC)c3nc4ccccc4s3)CC2)cc1. The van der Waals surface area contributed by atoms with E-state index in [1.165, 1.54) is 37.7 Å². The number of hydrazone groups is 1. The summed E-state index contributed by atoms with van der Waals surface area (Å²) in [6, 6.07) is 21.4. The quantitative estimate of drug-likeness (QED) is 0.0149. The zero-order valence-corrected chi connectivity index (χ0v) is 39.1. The van der Waals surface area contributed by atoms with E-state index in [0.717, 1.165) is 71.6 Å². The van der Waals surface area contributed by atoms with Gasteiger partial charge in [0.25, 0.3) is 0 Å². The summed E-state index contributed by atoms with van der Waals surface area (Å²) in [7, 11) is 0. The van der Waals surface area contributed by atoms with Crippen molar-refractivity contribution in [2.75, 3.05) is 51.2 Å². The molecule has 0 radical (unpaired) electrons. The van der Waals surface area contributed by atoms with Crippen molar-refractivity contribution in [3.63, 3.8) is 0 Å². The van der Waals surface area contributed by atoms with Crippen LogP contribution >= 0.6 is 11.3 Å². The Labute approximate surface area is 388 Å². The van der Waals surface area contributed by atoms with E-state index in [0.29, 0.717) is 75.3 Å². The zero-order valence-electron chi connectivity index (χ0n) is 38.3. The zero-order chi connectivity index (χ0) is 45.6. The van der Waals surface area contributed by atoms with Crippen LogP contribution in [0.25, 0.3) is 10.2 Å². The van der Waals surface area contributed by atoms with Gasteiger partial charge in [-0.1, -0.05) is 82.1 Å². The molecule has 13 heteroatoms. The van der Waals surface area contributed by atoms with Crippen molar-refractivity contribution in [2.45, 2.75) is 110 Å². The monoisotopic (exact) mass is 909 g/mol. The van der Waals surface area contributed by atoms with E-state index < -0.39 is 5.97 Å². The molecule has 4 aromatic rings. The second-order valence-corrected chi connectivity index (χ2v) is 18.0. The standard InChI is InChI=1S/C52H67N3O9S/c1-4-7-8-11-29-55(52-54-46-13-9-10-14-48(46)65-52)53-37-43-36-42(39-17-15-38(12-5-2)16-18-39)23-28-47(43)64-51(58)41-21-19-40(20-22-41)50(57)63-45-26-24-44(25-27-45)61-34-32-59-30-31-60-33-35-62-49(56)6-3/h6,9-10,13-14,23-28,36-41H,3-5,7-8,11-12,15-22,29-35H2,1-2H3/b53-37+. The summed E-state index contributed by atoms with van der Waals surface area (Å²) in [6.45, 7) is 10.5. The van der Waals surface area contributed by atoms with Gasteiger partial charge in [0.1, 0.15) is 30.5 Å². The van der Waals surface area contributed by atoms with Crippen LogP contribution in [0.1, 0.15) is 121 Å². The van der Waals surface area contributed by atoms with Gasteiger partial charge in [-0.25, -0.2) is 14.8 Å². The van der Waals surface area contributed by atoms with Gasteiger partial charge in [0, 0.05) is 18.2 Å². The highest BCUT2D eigenvalue weighted by molar-refractivity contribution is 7.22. The number of nitrogens with zero attached hydrogens (tertiary/aromatic N) is 3. The van der Waals surface area contributed by atoms with Gasteiger partial charge in [-0.05, 0) is 124 Å². The highest BCUT2D eigenvalue weighted by Crippen LogP contribution is 2.39. The Balaban J connectivity index is 1.01. The van der Waals surface area contributed by atoms with Gasteiger partial charge in [0.15, 0.2) is 0 Å². The number of benzene rings is 3. The summed E-state index contributed by atoms with van der Waals surface area (Å²) in [6.07, 6.45) is 16.9. The molecule has 0 bridgehead atoms. The molecule has 1 aromatic heterocycles. The Morgan fingerprint density at radius 2 is 1.43 bits per heavy atom. The molecule has 3 aromatic carbocycles. The second kappa shape index (κ2) is 26.8. The van der Waals surface area contributed by atoms with Crippen LogP contribution in [0.3, 0.4) is 0 Å². The summed E-state index contributed by atoms with van der Waals surface area (Å²) in [5, 5.41) is 7.91. The summed E-state index contributed by atoms with van der Waals surface area (Å²) in [5.41, 5.74) is 3.02. The van der Waals surface area contributed by atoms with Crippen LogP contribution in [0.15, 0.2) is 84.5 Å². The van der Waals surface area contributed by atoms with Gasteiger partial charge in [0.05, 0.1) is 54.7 Å². The van der Waals surface area contributed by atoms with E-state index in [2.05, 4.69) is 38.6 Å². The van der Waals surface area contributed by atoms with E-state index in [-0.39, 0.29) is 37.0 Å². The van der Waals surface area contributed by atoms with E-state index in [9.17, 15) is 14.4 Å². The Morgan fingerprint density at radius 1 is 0.754 bits per heavy atom. The van der Waals surface area contributed by atoms with Crippen molar-refractivity contribution in [1.82, 2.24) is 4.98 Å². The van der Waals surface area contributed by atoms with Gasteiger partial charge >= 0.3 is 17.9 Å². The third-order valence-corrected chi connectivity index (χ3v) is 13.3. The van der Waals surface area contributed by atoms with Crippen LogP contribution in [-0.4, -0.2) is 75.3 Å². The van der Waals surface area contributed by atoms with Crippen LogP contribution in [0.5, 0.6) is 17.2 Å². The van der Waals surface area contributed by atoms with Crippen molar-refractivity contribution in [3.8, 4) is 17.2 Å². The number of thiazole rings is 1. The number of unbranched alkanes of at least 4 members (excludes halogenated alkanes) is 3. The Kier molecular flexibility index (Phi) is 20.3. The summed E-state index contributed by atoms with van der Waals surface area (Å²) in [4.78, 5) is 43.0. The molecule has 2 aliphatic carbocycles. The molecule has 350 valence electrons. The van der Waals surface area contributed by atoms with Gasteiger partial charge in [-0.3, -0.25) is 9.59 Å². The molecule has 2 fully saturated rings. The number of hydrogen-bond acceptors (Lipinski definition) is 13. The van der Waals surface area contributed by atoms with Gasteiger partial charge in [0.2, 0.25) is 5.13 Å². The maximum absolute atomic E-state index is 13.8. The minimum Gasteiger partial charge on any atom is -0.491 e. The average molecular weight is 910 g/mol. The summed E-state index contributed by atoms with van der Waals surface area (Å²) >= 11 is 1.64. The number of ether oxygens (including phenoxy) is 6. The van der Waals surface area contributed by atoms with E-state index >= 15 is 0 Å². The summed E-state index contributed by atoms with van der Waals surface area (Å²) < 4.78 is 34.5. The van der Waals surface area contributed by atoms with Gasteiger partial charge in [-0.15, -0.1) is 0 Å². The van der Waals surface area contributed by atoms with Crippen molar-refractivity contribution in [1.29, 1.82) is 0 Å². The Hall–Kier alpha value is -5.11. The number of para-hydroxylation sites is 1. The van der Waals surface area contributed by atoms with Crippen LogP contribution in [0.2, 0.25) is 0 Å². The van der Waals surface area contributed by atoms with E-state index in [4.69, 9.17) is 38.5 Å².